The topological polar surface area (TPSA) is 36.4 Å². The van der Waals surface area contributed by atoms with Gasteiger partial charge in [-0.05, 0) is 50.3 Å². The predicted octanol–water partition coefficient (Wildman–Crippen LogP) is 3.69. The van der Waals surface area contributed by atoms with Gasteiger partial charge in [-0.25, -0.2) is 0 Å². The molecule has 0 saturated heterocycles. The second-order valence-electron chi connectivity index (χ2n) is 4.14. The second kappa shape index (κ2) is 6.45. The lowest BCUT2D eigenvalue weighted by atomic mass is 10.2. The van der Waals surface area contributed by atoms with Gasteiger partial charge in [0, 0.05) is 15.4 Å². The molecule has 2 rings (SSSR count). The Morgan fingerprint density at radius 2 is 1.89 bits per heavy atom. The van der Waals surface area contributed by atoms with Crippen molar-refractivity contribution in [3.8, 4) is 0 Å². The highest BCUT2D eigenvalue weighted by atomic mass is 32.1. The minimum absolute atomic E-state index is 0.480. The van der Waals surface area contributed by atoms with Crippen molar-refractivity contribution in [1.82, 2.24) is 5.43 Å². The molecule has 98 valence electrons. The van der Waals surface area contributed by atoms with Crippen LogP contribution < -0.4 is 10.7 Å². The standard InChI is InChI=1S/C14H15N3S2/c1-10-3-6-12(7-4-10)16-14(18)17-15-9-13-8-5-11(2)19-13/h3-9H,1-2H3,(H2,16,17,18)/b15-9-. The molecule has 0 unspecified atom stereocenters. The van der Waals surface area contributed by atoms with E-state index in [-0.39, 0.29) is 0 Å². The number of aryl methyl sites for hydroxylation is 2. The van der Waals surface area contributed by atoms with E-state index >= 15 is 0 Å². The first-order chi connectivity index (χ1) is 9.13. The molecule has 0 amide bonds. The van der Waals surface area contributed by atoms with E-state index in [1.807, 2.05) is 37.3 Å². The van der Waals surface area contributed by atoms with Gasteiger partial charge in [0.05, 0.1) is 6.21 Å². The average molecular weight is 289 g/mol. The Balaban J connectivity index is 1.84. The molecule has 2 aromatic rings. The van der Waals surface area contributed by atoms with E-state index < -0.39 is 0 Å². The van der Waals surface area contributed by atoms with Crippen LogP contribution in [0.3, 0.4) is 0 Å². The van der Waals surface area contributed by atoms with Crippen LogP contribution in [-0.4, -0.2) is 11.3 Å². The van der Waals surface area contributed by atoms with Gasteiger partial charge in [0.2, 0.25) is 0 Å². The van der Waals surface area contributed by atoms with Gasteiger partial charge in [0.1, 0.15) is 0 Å². The van der Waals surface area contributed by atoms with Crippen LogP contribution in [0.25, 0.3) is 0 Å². The third-order valence-electron chi connectivity index (χ3n) is 2.43. The molecular formula is C14H15N3S2. The lowest BCUT2D eigenvalue weighted by Gasteiger charge is -2.06. The fraction of sp³-hybridized carbons (Fsp3) is 0.143. The molecule has 0 fully saturated rings. The van der Waals surface area contributed by atoms with Crippen molar-refractivity contribution in [3.05, 3.63) is 51.7 Å². The van der Waals surface area contributed by atoms with Crippen LogP contribution >= 0.6 is 23.6 Å². The minimum Gasteiger partial charge on any atom is -0.331 e. The van der Waals surface area contributed by atoms with Gasteiger partial charge in [0.25, 0.3) is 0 Å². The lowest BCUT2D eigenvalue weighted by molar-refractivity contribution is 1.05. The van der Waals surface area contributed by atoms with Crippen molar-refractivity contribution in [3.63, 3.8) is 0 Å². The Kier molecular flexibility index (Phi) is 4.65. The molecule has 0 aliphatic carbocycles. The number of nitrogens with one attached hydrogen (secondary N) is 2. The van der Waals surface area contributed by atoms with E-state index in [2.05, 4.69) is 28.8 Å². The Bertz CT molecular complexity index is 585. The maximum atomic E-state index is 5.16. The van der Waals surface area contributed by atoms with Gasteiger partial charge in [0.15, 0.2) is 5.11 Å². The van der Waals surface area contributed by atoms with Gasteiger partial charge >= 0.3 is 0 Å². The number of anilines is 1. The number of hydrogen-bond acceptors (Lipinski definition) is 3. The molecule has 1 aromatic heterocycles. The maximum absolute atomic E-state index is 5.16. The fourth-order valence-electron chi connectivity index (χ4n) is 1.47. The van der Waals surface area contributed by atoms with E-state index in [4.69, 9.17) is 12.2 Å². The summed E-state index contributed by atoms with van der Waals surface area (Å²) < 4.78 is 0. The molecule has 1 heterocycles. The Labute approximate surface area is 122 Å². The Morgan fingerprint density at radius 3 is 2.53 bits per heavy atom. The SMILES string of the molecule is Cc1ccc(NC(=S)N/N=C\c2ccc(C)s2)cc1. The first-order valence-electron chi connectivity index (χ1n) is 5.86. The number of rotatable bonds is 3. The molecule has 1 aromatic carbocycles. The molecule has 19 heavy (non-hydrogen) atoms. The van der Waals surface area contributed by atoms with Crippen LogP contribution in [-0.2, 0) is 0 Å². The maximum Gasteiger partial charge on any atom is 0.191 e. The first-order valence-corrected chi connectivity index (χ1v) is 7.09. The Hall–Kier alpha value is -1.72. The van der Waals surface area contributed by atoms with Crippen LogP contribution in [0.1, 0.15) is 15.3 Å². The van der Waals surface area contributed by atoms with Gasteiger partial charge in [-0.1, -0.05) is 17.7 Å². The number of thiocarbonyl (C=S) groups is 1. The summed E-state index contributed by atoms with van der Waals surface area (Å²) in [6.07, 6.45) is 1.76. The quantitative estimate of drug-likeness (QED) is 0.514. The highest BCUT2D eigenvalue weighted by molar-refractivity contribution is 7.80. The van der Waals surface area contributed by atoms with E-state index in [1.54, 1.807) is 17.6 Å². The monoisotopic (exact) mass is 289 g/mol. The van der Waals surface area contributed by atoms with Crippen molar-refractivity contribution < 1.29 is 0 Å². The molecule has 2 N–H and O–H groups in total. The van der Waals surface area contributed by atoms with Crippen LogP contribution in [0.5, 0.6) is 0 Å². The number of thiophene rings is 1. The van der Waals surface area contributed by atoms with Crippen LogP contribution in [0.2, 0.25) is 0 Å². The van der Waals surface area contributed by atoms with Crippen LogP contribution in [0.4, 0.5) is 5.69 Å². The van der Waals surface area contributed by atoms with Crippen molar-refractivity contribution in [2.75, 3.05) is 5.32 Å². The zero-order chi connectivity index (χ0) is 13.7. The first kappa shape index (κ1) is 13.7. The third kappa shape index (κ3) is 4.46. The number of benzene rings is 1. The summed E-state index contributed by atoms with van der Waals surface area (Å²) in [5.74, 6) is 0. The van der Waals surface area contributed by atoms with Crippen molar-refractivity contribution >= 4 is 40.6 Å². The summed E-state index contributed by atoms with van der Waals surface area (Å²) in [4.78, 5) is 2.37. The lowest BCUT2D eigenvalue weighted by Crippen LogP contribution is -2.23. The fourth-order valence-corrected chi connectivity index (χ4v) is 2.39. The molecule has 0 radical (unpaired) electrons. The summed E-state index contributed by atoms with van der Waals surface area (Å²) in [6, 6.07) is 12.1. The zero-order valence-corrected chi connectivity index (χ0v) is 12.4. The van der Waals surface area contributed by atoms with Crippen LogP contribution in [0, 0.1) is 13.8 Å². The smallest absolute Gasteiger partial charge is 0.191 e. The average Bonchev–Trinajstić information content (AvgIpc) is 2.78. The van der Waals surface area contributed by atoms with E-state index in [9.17, 15) is 0 Å². The largest absolute Gasteiger partial charge is 0.331 e. The highest BCUT2D eigenvalue weighted by Crippen LogP contribution is 2.12. The van der Waals surface area contributed by atoms with Crippen molar-refractivity contribution in [1.29, 1.82) is 0 Å². The zero-order valence-electron chi connectivity index (χ0n) is 10.8. The minimum atomic E-state index is 0.480. The molecule has 5 heteroatoms. The molecule has 0 atom stereocenters. The summed E-state index contributed by atoms with van der Waals surface area (Å²) in [6.45, 7) is 4.12. The highest BCUT2D eigenvalue weighted by Gasteiger charge is 1.96. The van der Waals surface area contributed by atoms with Crippen molar-refractivity contribution in [2.24, 2.45) is 5.10 Å². The summed E-state index contributed by atoms with van der Waals surface area (Å²) >= 11 is 6.85. The summed E-state index contributed by atoms with van der Waals surface area (Å²) in [7, 11) is 0. The predicted molar refractivity (Wildman–Crippen MR) is 87.2 cm³/mol. The Morgan fingerprint density at radius 1 is 1.16 bits per heavy atom. The molecule has 0 aliphatic heterocycles. The van der Waals surface area contributed by atoms with Gasteiger partial charge in [-0.15, -0.1) is 11.3 Å². The molecule has 0 spiro atoms. The summed E-state index contributed by atoms with van der Waals surface area (Å²) in [5.41, 5.74) is 4.97. The molecule has 0 saturated carbocycles. The molecule has 0 aliphatic rings. The number of hydrazone groups is 1. The van der Waals surface area contributed by atoms with Gasteiger partial charge in [-0.3, -0.25) is 5.43 Å². The van der Waals surface area contributed by atoms with Gasteiger partial charge < -0.3 is 5.32 Å². The molecule has 0 bridgehead atoms. The summed E-state index contributed by atoms with van der Waals surface area (Å²) in [5, 5.41) is 7.65. The number of nitrogens with zero attached hydrogens (tertiary/aromatic N) is 1. The van der Waals surface area contributed by atoms with Gasteiger partial charge in [-0.2, -0.15) is 5.10 Å². The van der Waals surface area contributed by atoms with E-state index in [0.717, 1.165) is 10.6 Å². The molecule has 3 nitrogen and oxygen atoms in total. The van der Waals surface area contributed by atoms with E-state index in [1.165, 1.54) is 10.4 Å². The number of hydrogen-bond donors (Lipinski definition) is 2. The van der Waals surface area contributed by atoms with E-state index in [0.29, 0.717) is 5.11 Å². The normalized spacial score (nSPS) is 10.6. The van der Waals surface area contributed by atoms with Crippen molar-refractivity contribution in [2.45, 2.75) is 13.8 Å². The second-order valence-corrected chi connectivity index (χ2v) is 5.87. The third-order valence-corrected chi connectivity index (χ3v) is 3.56. The molecular weight excluding hydrogens is 274 g/mol. The van der Waals surface area contributed by atoms with Crippen LogP contribution in [0.15, 0.2) is 41.5 Å².